The summed E-state index contributed by atoms with van der Waals surface area (Å²) in [5.74, 6) is 0.858. The molecule has 0 radical (unpaired) electrons. The minimum absolute atomic E-state index is 0.0279. The molecule has 0 aliphatic heterocycles. The third-order valence-electron chi connectivity index (χ3n) is 3.62. The molecule has 2 unspecified atom stereocenters. The first-order valence-corrected chi connectivity index (χ1v) is 8.01. The summed E-state index contributed by atoms with van der Waals surface area (Å²) in [6.07, 6.45) is 4.53. The fraction of sp³-hybridized carbons (Fsp3) is 0.538. The molecule has 1 fully saturated rings. The Hall–Kier alpha value is -1.27. The second-order valence-electron chi connectivity index (χ2n) is 5.16. The van der Waals surface area contributed by atoms with Gasteiger partial charge in [-0.05, 0) is 37.3 Å². The van der Waals surface area contributed by atoms with Crippen molar-refractivity contribution in [1.29, 1.82) is 0 Å². The number of anilines is 1. The quantitative estimate of drug-likeness (QED) is 0.828. The average molecular weight is 284 g/mol. The van der Waals surface area contributed by atoms with Gasteiger partial charge in [0.25, 0.3) is 0 Å². The number of ether oxygens (including phenoxy) is 1. The minimum Gasteiger partial charge on any atom is -0.488 e. The summed E-state index contributed by atoms with van der Waals surface area (Å²) in [6, 6.07) is 4.32. The van der Waals surface area contributed by atoms with Crippen LogP contribution in [-0.4, -0.2) is 14.5 Å². The van der Waals surface area contributed by atoms with E-state index in [0.29, 0.717) is 17.4 Å². The number of benzene rings is 1. The van der Waals surface area contributed by atoms with Crippen LogP contribution < -0.4 is 15.6 Å². The normalized spacial score (nSPS) is 24.1. The molecule has 0 bridgehead atoms. The van der Waals surface area contributed by atoms with E-state index >= 15 is 0 Å². The Morgan fingerprint density at radius 2 is 1.95 bits per heavy atom. The van der Waals surface area contributed by atoms with Gasteiger partial charge in [0.05, 0.1) is 10.6 Å². The molecule has 2 atom stereocenters. The van der Waals surface area contributed by atoms with Gasteiger partial charge in [-0.1, -0.05) is 13.3 Å². The predicted octanol–water partition coefficient (Wildman–Crippen LogP) is 1.87. The Morgan fingerprint density at radius 1 is 1.26 bits per heavy atom. The van der Waals surface area contributed by atoms with Crippen LogP contribution in [0.4, 0.5) is 5.69 Å². The Balaban J connectivity index is 2.24. The summed E-state index contributed by atoms with van der Waals surface area (Å²) >= 11 is 0. The standard InChI is InChI=1S/C13H20N2O3S/c1-9-4-2-3-5-12(9)18-13-8-10(19(15,16)17)6-7-11(13)14/h6-9,12H,2-5,14H2,1H3,(H2,15,16,17). The molecule has 0 saturated heterocycles. The summed E-state index contributed by atoms with van der Waals surface area (Å²) < 4.78 is 28.6. The number of sulfonamides is 1. The molecule has 1 aromatic rings. The maximum atomic E-state index is 11.3. The van der Waals surface area contributed by atoms with Crippen molar-refractivity contribution in [3.05, 3.63) is 18.2 Å². The fourth-order valence-electron chi connectivity index (χ4n) is 2.41. The van der Waals surface area contributed by atoms with E-state index < -0.39 is 10.0 Å². The van der Waals surface area contributed by atoms with Crippen LogP contribution in [0.25, 0.3) is 0 Å². The molecule has 106 valence electrons. The zero-order valence-electron chi connectivity index (χ0n) is 11.0. The lowest BCUT2D eigenvalue weighted by molar-refractivity contribution is 0.103. The van der Waals surface area contributed by atoms with Crippen molar-refractivity contribution < 1.29 is 13.2 Å². The number of rotatable bonds is 3. The molecule has 19 heavy (non-hydrogen) atoms. The highest BCUT2D eigenvalue weighted by Crippen LogP contribution is 2.31. The van der Waals surface area contributed by atoms with Gasteiger partial charge in [-0.15, -0.1) is 0 Å². The van der Waals surface area contributed by atoms with Gasteiger partial charge < -0.3 is 10.5 Å². The van der Waals surface area contributed by atoms with Gasteiger partial charge in [0.15, 0.2) is 0 Å². The molecule has 4 N–H and O–H groups in total. The predicted molar refractivity (Wildman–Crippen MR) is 74.3 cm³/mol. The Morgan fingerprint density at radius 3 is 2.58 bits per heavy atom. The summed E-state index contributed by atoms with van der Waals surface area (Å²) in [6.45, 7) is 2.14. The van der Waals surface area contributed by atoms with E-state index in [4.69, 9.17) is 15.6 Å². The molecule has 1 aromatic carbocycles. The summed E-state index contributed by atoms with van der Waals surface area (Å²) in [4.78, 5) is 0.0279. The zero-order chi connectivity index (χ0) is 14.0. The van der Waals surface area contributed by atoms with Crippen LogP contribution in [0.2, 0.25) is 0 Å². The molecule has 0 heterocycles. The van der Waals surface area contributed by atoms with Crippen LogP contribution in [0.15, 0.2) is 23.1 Å². The van der Waals surface area contributed by atoms with Crippen LogP contribution in [0.5, 0.6) is 5.75 Å². The first-order valence-electron chi connectivity index (χ1n) is 6.47. The van der Waals surface area contributed by atoms with Crippen LogP contribution >= 0.6 is 0 Å². The Kier molecular flexibility index (Phi) is 4.01. The molecule has 0 aromatic heterocycles. The van der Waals surface area contributed by atoms with Gasteiger partial charge >= 0.3 is 0 Å². The van der Waals surface area contributed by atoms with Crippen LogP contribution in [0.3, 0.4) is 0 Å². The van der Waals surface area contributed by atoms with Crippen molar-refractivity contribution in [2.45, 2.75) is 43.6 Å². The number of nitrogens with two attached hydrogens (primary N) is 2. The highest BCUT2D eigenvalue weighted by Gasteiger charge is 2.24. The third-order valence-corrected chi connectivity index (χ3v) is 4.54. The molecule has 1 aliphatic carbocycles. The molecule has 2 rings (SSSR count). The van der Waals surface area contributed by atoms with E-state index in [2.05, 4.69) is 6.92 Å². The van der Waals surface area contributed by atoms with Crippen molar-refractivity contribution in [2.75, 3.05) is 5.73 Å². The fourth-order valence-corrected chi connectivity index (χ4v) is 2.94. The van der Waals surface area contributed by atoms with E-state index in [9.17, 15) is 8.42 Å². The summed E-state index contributed by atoms with van der Waals surface area (Å²) in [5, 5.41) is 5.11. The first-order chi connectivity index (χ1) is 8.88. The van der Waals surface area contributed by atoms with Crippen LogP contribution in [0, 0.1) is 5.92 Å². The number of primary sulfonamides is 1. The highest BCUT2D eigenvalue weighted by molar-refractivity contribution is 7.89. The molecular weight excluding hydrogens is 264 g/mol. The molecular formula is C13H20N2O3S. The molecule has 1 aliphatic rings. The SMILES string of the molecule is CC1CCCCC1Oc1cc(S(N)(=O)=O)ccc1N. The van der Waals surface area contributed by atoms with Gasteiger partial charge in [0.1, 0.15) is 11.9 Å². The lowest BCUT2D eigenvalue weighted by atomic mass is 9.88. The van der Waals surface area contributed by atoms with E-state index in [1.807, 2.05) is 0 Å². The monoisotopic (exact) mass is 284 g/mol. The van der Waals surface area contributed by atoms with Gasteiger partial charge in [-0.3, -0.25) is 0 Å². The van der Waals surface area contributed by atoms with Crippen molar-refractivity contribution in [3.63, 3.8) is 0 Å². The summed E-state index contributed by atoms with van der Waals surface area (Å²) in [5.41, 5.74) is 6.27. The molecule has 6 heteroatoms. The van der Waals surface area contributed by atoms with Crippen molar-refractivity contribution in [1.82, 2.24) is 0 Å². The van der Waals surface area contributed by atoms with Crippen molar-refractivity contribution >= 4 is 15.7 Å². The molecule has 5 nitrogen and oxygen atoms in total. The summed E-state index contributed by atoms with van der Waals surface area (Å²) in [7, 11) is -3.73. The van der Waals surface area contributed by atoms with Crippen LogP contribution in [0.1, 0.15) is 32.6 Å². The van der Waals surface area contributed by atoms with E-state index in [0.717, 1.165) is 19.3 Å². The maximum Gasteiger partial charge on any atom is 0.238 e. The van der Waals surface area contributed by atoms with Gasteiger partial charge in [-0.2, -0.15) is 0 Å². The molecule has 0 amide bonds. The number of hydrogen-bond donors (Lipinski definition) is 2. The number of nitrogen functional groups attached to an aromatic ring is 1. The van der Waals surface area contributed by atoms with Gasteiger partial charge in [0.2, 0.25) is 10.0 Å². The maximum absolute atomic E-state index is 11.3. The van der Waals surface area contributed by atoms with Gasteiger partial charge in [0, 0.05) is 6.07 Å². The van der Waals surface area contributed by atoms with Crippen LogP contribution in [-0.2, 0) is 10.0 Å². The zero-order valence-corrected chi connectivity index (χ0v) is 11.8. The van der Waals surface area contributed by atoms with Crippen molar-refractivity contribution in [2.24, 2.45) is 11.1 Å². The lowest BCUT2D eigenvalue weighted by Gasteiger charge is -2.29. The largest absolute Gasteiger partial charge is 0.488 e. The Labute approximate surface area is 114 Å². The lowest BCUT2D eigenvalue weighted by Crippen LogP contribution is -2.28. The molecule has 0 spiro atoms. The average Bonchev–Trinajstić information content (AvgIpc) is 2.33. The topological polar surface area (TPSA) is 95.4 Å². The second kappa shape index (κ2) is 5.38. The third kappa shape index (κ3) is 3.39. The van der Waals surface area contributed by atoms with E-state index in [-0.39, 0.29) is 11.0 Å². The van der Waals surface area contributed by atoms with E-state index in [1.165, 1.54) is 24.6 Å². The number of hydrogen-bond acceptors (Lipinski definition) is 4. The highest BCUT2D eigenvalue weighted by atomic mass is 32.2. The first kappa shape index (κ1) is 14.1. The molecule has 1 saturated carbocycles. The minimum atomic E-state index is -3.73. The van der Waals surface area contributed by atoms with E-state index in [1.54, 1.807) is 0 Å². The van der Waals surface area contributed by atoms with Crippen molar-refractivity contribution in [3.8, 4) is 5.75 Å². The Bertz CT molecular complexity index is 557. The smallest absolute Gasteiger partial charge is 0.238 e. The second-order valence-corrected chi connectivity index (χ2v) is 6.72. The van der Waals surface area contributed by atoms with Gasteiger partial charge in [-0.25, -0.2) is 13.6 Å².